The first-order valence-corrected chi connectivity index (χ1v) is 11.3. The predicted molar refractivity (Wildman–Crippen MR) is 126 cm³/mol. The van der Waals surface area contributed by atoms with Crippen LogP contribution < -0.4 is 0 Å². The van der Waals surface area contributed by atoms with E-state index in [4.69, 9.17) is 0 Å². The third-order valence-corrected chi connectivity index (χ3v) is 6.74. The van der Waals surface area contributed by atoms with Gasteiger partial charge in [0.05, 0.1) is 11.6 Å². The summed E-state index contributed by atoms with van der Waals surface area (Å²) < 4.78 is 2.33. The molecule has 0 atom stereocenters. The lowest BCUT2D eigenvalue weighted by Gasteiger charge is -2.16. The van der Waals surface area contributed by atoms with Crippen molar-refractivity contribution in [2.24, 2.45) is 0 Å². The predicted octanol–water partition coefficient (Wildman–Crippen LogP) is 6.07. The second kappa shape index (κ2) is 9.50. The SMILES string of the molecule is Cc1c(CO)c(C(C)C)c(Sc2ccccc2-c2cccnc2)n1Cc1ccncc1. The van der Waals surface area contributed by atoms with Crippen LogP contribution in [0.15, 0.2) is 83.2 Å². The first-order valence-electron chi connectivity index (χ1n) is 10.5. The number of aromatic nitrogens is 3. The highest BCUT2D eigenvalue weighted by atomic mass is 32.2. The number of rotatable bonds is 7. The van der Waals surface area contributed by atoms with Crippen molar-refractivity contribution in [2.45, 2.75) is 49.8 Å². The Morgan fingerprint density at radius 3 is 2.42 bits per heavy atom. The number of hydrogen-bond donors (Lipinski definition) is 1. The maximum Gasteiger partial charge on any atom is 0.0840 e. The van der Waals surface area contributed by atoms with Crippen molar-refractivity contribution in [3.8, 4) is 11.1 Å². The van der Waals surface area contributed by atoms with Crippen LogP contribution in [0.4, 0.5) is 0 Å². The molecule has 0 saturated carbocycles. The van der Waals surface area contributed by atoms with Crippen molar-refractivity contribution in [3.05, 3.63) is 95.7 Å². The fourth-order valence-corrected chi connectivity index (χ4v) is 5.40. The van der Waals surface area contributed by atoms with Gasteiger partial charge in [-0.1, -0.05) is 49.9 Å². The minimum absolute atomic E-state index is 0.0422. The Hall–Kier alpha value is -2.89. The molecule has 1 N–H and O–H groups in total. The molecule has 0 bridgehead atoms. The van der Waals surface area contributed by atoms with Crippen molar-refractivity contribution >= 4 is 11.8 Å². The van der Waals surface area contributed by atoms with E-state index < -0.39 is 0 Å². The Morgan fingerprint density at radius 1 is 0.968 bits per heavy atom. The fraction of sp³-hybridized carbons (Fsp3) is 0.231. The summed E-state index contributed by atoms with van der Waals surface area (Å²) in [5, 5.41) is 11.4. The lowest BCUT2D eigenvalue weighted by Crippen LogP contribution is -2.04. The first-order chi connectivity index (χ1) is 15.1. The molecule has 5 heteroatoms. The molecule has 1 aromatic carbocycles. The first kappa shape index (κ1) is 21.3. The number of benzene rings is 1. The number of aliphatic hydroxyl groups excluding tert-OH is 1. The molecule has 0 radical (unpaired) electrons. The second-order valence-electron chi connectivity index (χ2n) is 7.88. The molecule has 158 valence electrons. The summed E-state index contributed by atoms with van der Waals surface area (Å²) in [5.74, 6) is 0.299. The summed E-state index contributed by atoms with van der Waals surface area (Å²) in [5.41, 5.74) is 6.82. The highest BCUT2D eigenvalue weighted by Crippen LogP contribution is 2.43. The zero-order chi connectivity index (χ0) is 21.8. The van der Waals surface area contributed by atoms with E-state index in [9.17, 15) is 5.11 Å². The number of nitrogens with zero attached hydrogens (tertiary/aromatic N) is 3. The molecule has 0 saturated heterocycles. The van der Waals surface area contributed by atoms with Gasteiger partial charge in [-0.15, -0.1) is 0 Å². The molecular weight excluding hydrogens is 402 g/mol. The molecule has 4 nitrogen and oxygen atoms in total. The lowest BCUT2D eigenvalue weighted by molar-refractivity contribution is 0.279. The van der Waals surface area contributed by atoms with Crippen LogP contribution in [-0.4, -0.2) is 19.6 Å². The monoisotopic (exact) mass is 429 g/mol. The minimum Gasteiger partial charge on any atom is -0.392 e. The van der Waals surface area contributed by atoms with Crippen molar-refractivity contribution in [1.29, 1.82) is 0 Å². The molecule has 3 heterocycles. The molecule has 0 aliphatic heterocycles. The molecule has 4 aromatic rings. The quantitative estimate of drug-likeness (QED) is 0.387. The van der Waals surface area contributed by atoms with E-state index in [-0.39, 0.29) is 6.61 Å². The second-order valence-corrected chi connectivity index (χ2v) is 8.91. The largest absolute Gasteiger partial charge is 0.392 e. The van der Waals surface area contributed by atoms with Gasteiger partial charge in [-0.25, -0.2) is 0 Å². The number of hydrogen-bond acceptors (Lipinski definition) is 4. The normalized spacial score (nSPS) is 11.3. The smallest absolute Gasteiger partial charge is 0.0840 e. The maximum atomic E-state index is 10.2. The van der Waals surface area contributed by atoms with Crippen LogP contribution >= 0.6 is 11.8 Å². The average Bonchev–Trinajstić information content (AvgIpc) is 3.06. The average molecular weight is 430 g/mol. The minimum atomic E-state index is 0.0422. The van der Waals surface area contributed by atoms with Crippen LogP contribution in [0.1, 0.15) is 42.1 Å². The van der Waals surface area contributed by atoms with Gasteiger partial charge in [0.1, 0.15) is 0 Å². The Morgan fingerprint density at radius 2 is 1.74 bits per heavy atom. The topological polar surface area (TPSA) is 50.9 Å². The molecule has 0 spiro atoms. The molecule has 0 fully saturated rings. The van der Waals surface area contributed by atoms with Crippen molar-refractivity contribution < 1.29 is 5.11 Å². The van der Waals surface area contributed by atoms with Crippen LogP contribution in [0.2, 0.25) is 0 Å². The summed E-state index contributed by atoms with van der Waals surface area (Å²) in [6.07, 6.45) is 7.36. The van der Waals surface area contributed by atoms with Crippen LogP contribution in [-0.2, 0) is 13.2 Å². The van der Waals surface area contributed by atoms with Gasteiger partial charge in [-0.2, -0.15) is 0 Å². The molecule has 0 unspecified atom stereocenters. The highest BCUT2D eigenvalue weighted by Gasteiger charge is 2.23. The van der Waals surface area contributed by atoms with Crippen molar-refractivity contribution in [3.63, 3.8) is 0 Å². The number of pyridine rings is 2. The zero-order valence-corrected chi connectivity index (χ0v) is 18.9. The van der Waals surface area contributed by atoms with E-state index in [2.05, 4.69) is 65.6 Å². The van der Waals surface area contributed by atoms with Crippen LogP contribution in [0.25, 0.3) is 11.1 Å². The molecule has 0 aliphatic carbocycles. The summed E-state index contributed by atoms with van der Waals surface area (Å²) in [6.45, 7) is 7.28. The summed E-state index contributed by atoms with van der Waals surface area (Å²) >= 11 is 1.77. The Labute approximate surface area is 188 Å². The van der Waals surface area contributed by atoms with Gasteiger partial charge in [-0.05, 0) is 53.8 Å². The molecule has 31 heavy (non-hydrogen) atoms. The van der Waals surface area contributed by atoms with Gasteiger partial charge < -0.3 is 9.67 Å². The van der Waals surface area contributed by atoms with E-state index in [0.717, 1.165) is 28.9 Å². The van der Waals surface area contributed by atoms with Gasteiger partial charge in [0.25, 0.3) is 0 Å². The van der Waals surface area contributed by atoms with Gasteiger partial charge in [0, 0.05) is 53.0 Å². The van der Waals surface area contributed by atoms with Crippen molar-refractivity contribution in [2.75, 3.05) is 0 Å². The Kier molecular flexibility index (Phi) is 6.54. The standard InChI is InChI=1S/C26H27N3OS/c1-18(2)25-23(17-30)19(3)29(16-20-10-13-27-14-11-20)26(25)31-24-9-5-4-8-22(24)21-7-6-12-28-15-21/h4-15,18,30H,16-17H2,1-3H3. The van der Waals surface area contributed by atoms with E-state index in [1.165, 1.54) is 21.0 Å². The summed E-state index contributed by atoms with van der Waals surface area (Å²) in [6, 6.07) is 16.6. The van der Waals surface area contributed by atoms with E-state index >= 15 is 0 Å². The molecule has 4 rings (SSSR count). The third-order valence-electron chi connectivity index (χ3n) is 5.53. The highest BCUT2D eigenvalue weighted by molar-refractivity contribution is 7.99. The van der Waals surface area contributed by atoms with Crippen LogP contribution in [0.5, 0.6) is 0 Å². The van der Waals surface area contributed by atoms with E-state index in [1.54, 1.807) is 18.0 Å². The summed E-state index contributed by atoms with van der Waals surface area (Å²) in [7, 11) is 0. The zero-order valence-electron chi connectivity index (χ0n) is 18.1. The maximum absolute atomic E-state index is 10.2. The van der Waals surface area contributed by atoms with Gasteiger partial charge in [-0.3, -0.25) is 9.97 Å². The third kappa shape index (κ3) is 4.43. The van der Waals surface area contributed by atoms with Crippen LogP contribution in [0, 0.1) is 6.92 Å². The summed E-state index contributed by atoms with van der Waals surface area (Å²) in [4.78, 5) is 9.63. The molecular formula is C26H27N3OS. The molecule has 0 amide bonds. The lowest BCUT2D eigenvalue weighted by atomic mass is 10.0. The van der Waals surface area contributed by atoms with Gasteiger partial charge >= 0.3 is 0 Å². The van der Waals surface area contributed by atoms with E-state index in [0.29, 0.717) is 5.92 Å². The fourth-order valence-electron chi connectivity index (χ4n) is 3.97. The van der Waals surface area contributed by atoms with Gasteiger partial charge in [0.15, 0.2) is 0 Å². The molecule has 3 aromatic heterocycles. The Balaban J connectivity index is 1.85. The van der Waals surface area contributed by atoms with Gasteiger partial charge in [0.2, 0.25) is 0 Å². The molecule has 0 aliphatic rings. The van der Waals surface area contributed by atoms with E-state index in [1.807, 2.05) is 36.8 Å². The van der Waals surface area contributed by atoms with Crippen LogP contribution in [0.3, 0.4) is 0 Å². The Bertz CT molecular complexity index is 1150. The number of aliphatic hydroxyl groups is 1. The van der Waals surface area contributed by atoms with Crippen molar-refractivity contribution in [1.82, 2.24) is 14.5 Å².